The number of carbonyl (C=O) groups is 2. The van der Waals surface area contributed by atoms with Crippen LogP contribution in [0.3, 0.4) is 0 Å². The molecule has 0 bridgehead atoms. The van der Waals surface area contributed by atoms with Crippen LogP contribution in [0.5, 0.6) is 0 Å². The number of halogens is 1. The maximum Gasteiger partial charge on any atom is 0.338 e. The van der Waals surface area contributed by atoms with Gasteiger partial charge in [0.25, 0.3) is 5.91 Å². The maximum absolute atomic E-state index is 12.9. The molecule has 0 aliphatic heterocycles. The van der Waals surface area contributed by atoms with E-state index in [0.29, 0.717) is 16.8 Å². The molecule has 4 aromatic rings. The first kappa shape index (κ1) is 24.3. The third-order valence-corrected chi connectivity index (χ3v) is 5.97. The predicted octanol–water partition coefficient (Wildman–Crippen LogP) is 6.14. The topological polar surface area (TPSA) is 94.3 Å². The Morgan fingerprint density at radius 1 is 0.971 bits per heavy atom. The van der Waals surface area contributed by atoms with E-state index in [-0.39, 0.29) is 18.6 Å². The molecular formula is C28H24BrN3O3. The van der Waals surface area contributed by atoms with Gasteiger partial charge in [-0.2, -0.15) is 0 Å². The normalized spacial score (nSPS) is 11.5. The van der Waals surface area contributed by atoms with Crippen LogP contribution >= 0.6 is 15.9 Å². The van der Waals surface area contributed by atoms with E-state index in [0.717, 1.165) is 26.7 Å². The molecule has 176 valence electrons. The molecule has 3 aromatic carbocycles. The molecule has 0 saturated heterocycles. The zero-order chi connectivity index (χ0) is 24.8. The summed E-state index contributed by atoms with van der Waals surface area (Å²) in [5.41, 5.74) is 11.1. The van der Waals surface area contributed by atoms with Crippen molar-refractivity contribution in [2.24, 2.45) is 5.73 Å². The maximum atomic E-state index is 12.9. The van der Waals surface area contributed by atoms with E-state index in [9.17, 15) is 9.59 Å². The first-order chi connectivity index (χ1) is 16.9. The zero-order valence-corrected chi connectivity index (χ0v) is 20.7. The summed E-state index contributed by atoms with van der Waals surface area (Å²) < 4.78 is 6.46. The molecule has 0 aliphatic rings. The van der Waals surface area contributed by atoms with E-state index < -0.39 is 5.97 Å². The van der Waals surface area contributed by atoms with Gasteiger partial charge in [-0.25, -0.2) is 4.79 Å². The van der Waals surface area contributed by atoms with Crippen molar-refractivity contribution in [3.05, 3.63) is 118 Å². The van der Waals surface area contributed by atoms with Gasteiger partial charge in [0, 0.05) is 34.2 Å². The second-order valence-corrected chi connectivity index (χ2v) is 8.98. The summed E-state index contributed by atoms with van der Waals surface area (Å²) in [6, 6.07) is 23.3. The average Bonchev–Trinajstić information content (AvgIpc) is 2.88. The number of anilines is 1. The van der Waals surface area contributed by atoms with Gasteiger partial charge in [0.1, 0.15) is 6.61 Å². The first-order valence-electron chi connectivity index (χ1n) is 11.0. The average molecular weight is 530 g/mol. The van der Waals surface area contributed by atoms with E-state index in [1.807, 2.05) is 43.3 Å². The fourth-order valence-corrected chi connectivity index (χ4v) is 3.87. The molecular weight excluding hydrogens is 506 g/mol. The van der Waals surface area contributed by atoms with Crippen molar-refractivity contribution in [3.8, 4) is 11.1 Å². The summed E-state index contributed by atoms with van der Waals surface area (Å²) in [7, 11) is 0. The minimum Gasteiger partial charge on any atom is -0.457 e. The number of esters is 1. The van der Waals surface area contributed by atoms with Gasteiger partial charge < -0.3 is 15.8 Å². The van der Waals surface area contributed by atoms with Gasteiger partial charge >= 0.3 is 5.97 Å². The highest BCUT2D eigenvalue weighted by Crippen LogP contribution is 2.30. The number of ether oxygens (including phenoxy) is 1. The highest BCUT2D eigenvalue weighted by molar-refractivity contribution is 9.10. The fourth-order valence-electron chi connectivity index (χ4n) is 3.61. The molecule has 6 nitrogen and oxygen atoms in total. The number of aromatic nitrogens is 1. The summed E-state index contributed by atoms with van der Waals surface area (Å²) in [6.07, 6.45) is 3.23. The van der Waals surface area contributed by atoms with Crippen molar-refractivity contribution in [2.45, 2.75) is 19.6 Å². The van der Waals surface area contributed by atoms with E-state index in [1.54, 1.807) is 54.9 Å². The number of nitrogens with one attached hydrogen (secondary N) is 1. The van der Waals surface area contributed by atoms with Crippen LogP contribution in [0.1, 0.15) is 44.8 Å². The van der Waals surface area contributed by atoms with Crippen LogP contribution in [0.2, 0.25) is 0 Å². The Morgan fingerprint density at radius 2 is 1.71 bits per heavy atom. The van der Waals surface area contributed by atoms with E-state index >= 15 is 0 Å². The molecule has 1 amide bonds. The monoisotopic (exact) mass is 529 g/mol. The van der Waals surface area contributed by atoms with Crippen molar-refractivity contribution in [3.63, 3.8) is 0 Å². The molecule has 1 heterocycles. The van der Waals surface area contributed by atoms with Gasteiger partial charge in [-0.05, 0) is 77.7 Å². The van der Waals surface area contributed by atoms with Gasteiger partial charge in [-0.15, -0.1) is 0 Å². The quantitative estimate of drug-likeness (QED) is 0.280. The number of hydrogen-bond donors (Lipinski definition) is 2. The largest absolute Gasteiger partial charge is 0.457 e. The van der Waals surface area contributed by atoms with Crippen molar-refractivity contribution >= 4 is 33.5 Å². The van der Waals surface area contributed by atoms with Crippen molar-refractivity contribution in [2.75, 3.05) is 5.32 Å². The molecule has 0 aliphatic carbocycles. The van der Waals surface area contributed by atoms with Gasteiger partial charge in [-0.3, -0.25) is 9.78 Å². The Balaban J connectivity index is 1.58. The molecule has 0 spiro atoms. The van der Waals surface area contributed by atoms with Crippen molar-refractivity contribution in [1.29, 1.82) is 0 Å². The molecule has 1 atom stereocenters. The van der Waals surface area contributed by atoms with Crippen LogP contribution < -0.4 is 11.1 Å². The molecule has 1 aromatic heterocycles. The standard InChI is InChI=1S/C28H24BrN3O3/c1-18(30)25-10-7-21(27(33)32-24-11-13-31-14-12-24)16-26(25)20-3-2-4-22(15-20)28(34)35-17-19-5-8-23(29)9-6-19/h2-16,18H,17,30H2,1H3,(H,31,32,33). The molecule has 3 N–H and O–H groups in total. The van der Waals surface area contributed by atoms with E-state index in [2.05, 4.69) is 26.2 Å². The fraction of sp³-hybridized carbons (Fsp3) is 0.107. The minimum absolute atomic E-state index is 0.173. The Kier molecular flexibility index (Phi) is 7.70. The Labute approximate surface area is 212 Å². The number of benzene rings is 3. The zero-order valence-electron chi connectivity index (χ0n) is 19.1. The van der Waals surface area contributed by atoms with Crippen LogP contribution in [-0.2, 0) is 11.3 Å². The van der Waals surface area contributed by atoms with Crippen LogP contribution in [-0.4, -0.2) is 16.9 Å². The number of carbonyl (C=O) groups excluding carboxylic acids is 2. The number of rotatable bonds is 7. The number of nitrogens with two attached hydrogens (primary N) is 1. The summed E-state index contributed by atoms with van der Waals surface area (Å²) in [5, 5.41) is 2.86. The molecule has 7 heteroatoms. The molecule has 0 saturated carbocycles. The van der Waals surface area contributed by atoms with Crippen LogP contribution in [0.4, 0.5) is 5.69 Å². The van der Waals surface area contributed by atoms with Gasteiger partial charge in [0.05, 0.1) is 5.56 Å². The Hall–Kier alpha value is -3.81. The van der Waals surface area contributed by atoms with Crippen molar-refractivity contribution < 1.29 is 14.3 Å². The number of nitrogens with zero attached hydrogens (tertiary/aromatic N) is 1. The lowest BCUT2D eigenvalue weighted by Crippen LogP contribution is -2.13. The Morgan fingerprint density at radius 3 is 2.43 bits per heavy atom. The van der Waals surface area contributed by atoms with Crippen LogP contribution in [0.25, 0.3) is 11.1 Å². The second kappa shape index (κ2) is 11.1. The lowest BCUT2D eigenvalue weighted by molar-refractivity contribution is 0.0472. The summed E-state index contributed by atoms with van der Waals surface area (Å²) in [5.74, 6) is -0.678. The lowest BCUT2D eigenvalue weighted by Gasteiger charge is -2.16. The summed E-state index contributed by atoms with van der Waals surface area (Å²) in [4.78, 5) is 29.6. The van der Waals surface area contributed by atoms with Crippen LogP contribution in [0, 0.1) is 0 Å². The highest BCUT2D eigenvalue weighted by Gasteiger charge is 2.16. The van der Waals surface area contributed by atoms with E-state index in [4.69, 9.17) is 10.5 Å². The van der Waals surface area contributed by atoms with Gasteiger partial charge in [0.15, 0.2) is 0 Å². The molecule has 0 radical (unpaired) electrons. The van der Waals surface area contributed by atoms with Gasteiger partial charge in [0.2, 0.25) is 0 Å². The number of amides is 1. The minimum atomic E-state index is -0.427. The molecule has 4 rings (SSSR count). The lowest BCUT2D eigenvalue weighted by atomic mass is 9.92. The summed E-state index contributed by atoms with van der Waals surface area (Å²) >= 11 is 3.39. The smallest absolute Gasteiger partial charge is 0.338 e. The first-order valence-corrected chi connectivity index (χ1v) is 11.8. The van der Waals surface area contributed by atoms with Crippen LogP contribution in [0.15, 0.2) is 95.7 Å². The number of hydrogen-bond acceptors (Lipinski definition) is 5. The third kappa shape index (κ3) is 6.20. The number of pyridine rings is 1. The Bertz CT molecular complexity index is 1340. The molecule has 1 unspecified atom stereocenters. The van der Waals surface area contributed by atoms with Gasteiger partial charge in [-0.1, -0.05) is 46.3 Å². The SMILES string of the molecule is CC(N)c1ccc(C(=O)Nc2ccncc2)cc1-c1cccc(C(=O)OCc2ccc(Br)cc2)c1. The molecule has 35 heavy (non-hydrogen) atoms. The third-order valence-electron chi connectivity index (χ3n) is 5.44. The highest BCUT2D eigenvalue weighted by atomic mass is 79.9. The van der Waals surface area contributed by atoms with Crippen molar-refractivity contribution in [1.82, 2.24) is 4.98 Å². The summed E-state index contributed by atoms with van der Waals surface area (Å²) in [6.45, 7) is 2.05. The predicted molar refractivity (Wildman–Crippen MR) is 140 cm³/mol. The van der Waals surface area contributed by atoms with E-state index in [1.165, 1.54) is 0 Å². The second-order valence-electron chi connectivity index (χ2n) is 8.06. The molecule has 0 fully saturated rings.